The highest BCUT2D eigenvalue weighted by atomic mass is 19.1. The summed E-state index contributed by atoms with van der Waals surface area (Å²) in [6.45, 7) is 3.74. The van der Waals surface area contributed by atoms with Crippen LogP contribution in [0.5, 0.6) is 11.5 Å². The van der Waals surface area contributed by atoms with Crippen LogP contribution < -0.4 is 20.1 Å². The Balaban J connectivity index is 1.38. The van der Waals surface area contributed by atoms with Crippen LogP contribution in [0, 0.1) is 18.7 Å². The summed E-state index contributed by atoms with van der Waals surface area (Å²) in [5, 5.41) is 15.4. The van der Waals surface area contributed by atoms with Crippen LogP contribution in [0.4, 0.5) is 4.39 Å². The standard InChI is InChI=1S/C28H34FN5O5/c1-14-23(28(37)34-18-8-6-17(7-9-18)33-27(36)15(2)35)25-26(32-14)24(30-13-31-25)19-10-22(38-3)20(29)11-21(19)39-12-16-4-5-16/h10-11,13,15-18,32,35H,4-9,12H2,1-3H3,(H,33,36)(H,34,37)/t15-,17?,18?/m0/s1. The van der Waals surface area contributed by atoms with Crippen molar-refractivity contribution in [3.8, 4) is 22.8 Å². The second-order valence-corrected chi connectivity index (χ2v) is 10.5. The number of fused-ring (bicyclic) bond motifs is 1. The highest BCUT2D eigenvalue weighted by Gasteiger charge is 2.28. The summed E-state index contributed by atoms with van der Waals surface area (Å²) < 4.78 is 25.8. The summed E-state index contributed by atoms with van der Waals surface area (Å²) in [5.74, 6) is -0.259. The summed E-state index contributed by atoms with van der Waals surface area (Å²) in [6.07, 6.45) is 5.35. The van der Waals surface area contributed by atoms with Crippen molar-refractivity contribution in [3.05, 3.63) is 35.5 Å². The van der Waals surface area contributed by atoms with Crippen LogP contribution in [-0.4, -0.2) is 63.8 Å². The maximum Gasteiger partial charge on any atom is 0.255 e. The van der Waals surface area contributed by atoms with E-state index >= 15 is 0 Å². The minimum absolute atomic E-state index is 0.0191. The monoisotopic (exact) mass is 539 g/mol. The van der Waals surface area contributed by atoms with E-state index in [1.54, 1.807) is 13.0 Å². The fraction of sp³-hybridized carbons (Fsp3) is 0.500. The van der Waals surface area contributed by atoms with E-state index in [1.165, 1.54) is 26.4 Å². The number of nitrogens with one attached hydrogen (secondary N) is 3. The zero-order valence-electron chi connectivity index (χ0n) is 22.3. The molecule has 1 aromatic carbocycles. The lowest BCUT2D eigenvalue weighted by Gasteiger charge is -2.30. The summed E-state index contributed by atoms with van der Waals surface area (Å²) in [7, 11) is 1.40. The normalized spacial score (nSPS) is 19.9. The number of aliphatic hydroxyl groups excluding tert-OH is 1. The largest absolute Gasteiger partial charge is 0.494 e. The summed E-state index contributed by atoms with van der Waals surface area (Å²) >= 11 is 0. The Morgan fingerprint density at radius 1 is 1.10 bits per heavy atom. The Kier molecular flexibility index (Phi) is 7.69. The molecule has 0 unspecified atom stereocenters. The van der Waals surface area contributed by atoms with Gasteiger partial charge in [-0.05, 0) is 64.4 Å². The fourth-order valence-corrected chi connectivity index (χ4v) is 5.05. The molecule has 2 aliphatic carbocycles. The molecule has 5 rings (SSSR count). The smallest absolute Gasteiger partial charge is 0.255 e. The fourth-order valence-electron chi connectivity index (χ4n) is 5.05. The van der Waals surface area contributed by atoms with Gasteiger partial charge < -0.3 is 30.2 Å². The molecule has 4 N–H and O–H groups in total. The number of hydrogen-bond acceptors (Lipinski definition) is 7. The summed E-state index contributed by atoms with van der Waals surface area (Å²) in [6, 6.07) is 2.80. The Hall–Kier alpha value is -3.73. The van der Waals surface area contributed by atoms with E-state index in [-0.39, 0.29) is 29.6 Å². The second-order valence-electron chi connectivity index (χ2n) is 10.5. The van der Waals surface area contributed by atoms with Gasteiger partial charge in [-0.1, -0.05) is 0 Å². The molecule has 0 spiro atoms. The number of ether oxygens (including phenoxy) is 2. The number of aromatic amines is 1. The third-order valence-corrected chi connectivity index (χ3v) is 7.47. The van der Waals surface area contributed by atoms with Crippen LogP contribution in [0.25, 0.3) is 22.3 Å². The number of aromatic nitrogens is 3. The summed E-state index contributed by atoms with van der Waals surface area (Å²) in [5.41, 5.74) is 3.11. The van der Waals surface area contributed by atoms with Gasteiger partial charge in [0.1, 0.15) is 29.4 Å². The average Bonchev–Trinajstić information content (AvgIpc) is 3.68. The third-order valence-electron chi connectivity index (χ3n) is 7.47. The van der Waals surface area contributed by atoms with Gasteiger partial charge in [0.05, 0.1) is 24.8 Å². The number of carbonyl (C=O) groups is 2. The zero-order chi connectivity index (χ0) is 27.7. The Bertz CT molecular complexity index is 1380. The molecule has 1 atom stereocenters. The average molecular weight is 540 g/mol. The lowest BCUT2D eigenvalue weighted by atomic mass is 9.90. The molecule has 208 valence electrons. The van der Waals surface area contributed by atoms with E-state index in [0.717, 1.165) is 12.8 Å². The first-order chi connectivity index (χ1) is 18.7. The van der Waals surface area contributed by atoms with Gasteiger partial charge in [-0.25, -0.2) is 14.4 Å². The van der Waals surface area contributed by atoms with Crippen LogP contribution in [-0.2, 0) is 4.79 Å². The molecule has 0 aliphatic heterocycles. The van der Waals surface area contributed by atoms with E-state index in [4.69, 9.17) is 9.47 Å². The minimum atomic E-state index is -1.05. The van der Waals surface area contributed by atoms with Crippen molar-refractivity contribution in [3.63, 3.8) is 0 Å². The second kappa shape index (κ2) is 11.2. The molecule has 2 heterocycles. The number of methoxy groups -OCH3 is 1. The van der Waals surface area contributed by atoms with Crippen molar-refractivity contribution in [1.82, 2.24) is 25.6 Å². The lowest BCUT2D eigenvalue weighted by molar-refractivity contribution is -0.129. The number of aliphatic hydroxyl groups is 1. The van der Waals surface area contributed by atoms with Crippen molar-refractivity contribution in [2.45, 2.75) is 70.6 Å². The molecule has 0 bridgehead atoms. The molecule has 2 amide bonds. The van der Waals surface area contributed by atoms with Crippen LogP contribution in [0.1, 0.15) is 61.5 Å². The number of H-pyrrole nitrogens is 1. The van der Waals surface area contributed by atoms with Gasteiger partial charge >= 0.3 is 0 Å². The van der Waals surface area contributed by atoms with Crippen LogP contribution in [0.3, 0.4) is 0 Å². The Labute approximate surface area is 225 Å². The first kappa shape index (κ1) is 26.9. The van der Waals surface area contributed by atoms with E-state index in [2.05, 4.69) is 25.6 Å². The topological polar surface area (TPSA) is 138 Å². The van der Waals surface area contributed by atoms with Crippen LogP contribution in [0.2, 0.25) is 0 Å². The number of benzene rings is 1. The molecular formula is C28H34FN5O5. The van der Waals surface area contributed by atoms with Gasteiger partial charge in [0.25, 0.3) is 5.91 Å². The Morgan fingerprint density at radius 2 is 1.79 bits per heavy atom. The number of carbonyl (C=O) groups excluding carboxylic acids is 2. The first-order valence-electron chi connectivity index (χ1n) is 13.4. The highest BCUT2D eigenvalue weighted by molar-refractivity contribution is 6.09. The van der Waals surface area contributed by atoms with E-state index in [0.29, 0.717) is 77.5 Å². The van der Waals surface area contributed by atoms with E-state index < -0.39 is 11.9 Å². The molecular weight excluding hydrogens is 505 g/mol. The molecule has 39 heavy (non-hydrogen) atoms. The maximum absolute atomic E-state index is 14.6. The number of aryl methyl sites for hydroxylation is 1. The predicted molar refractivity (Wildman–Crippen MR) is 142 cm³/mol. The quantitative estimate of drug-likeness (QED) is 0.327. The molecule has 0 saturated heterocycles. The van der Waals surface area contributed by atoms with Gasteiger partial charge in [-0.15, -0.1) is 0 Å². The van der Waals surface area contributed by atoms with Crippen molar-refractivity contribution in [2.24, 2.45) is 5.92 Å². The first-order valence-corrected chi connectivity index (χ1v) is 13.4. The number of rotatable bonds is 9. The van der Waals surface area contributed by atoms with Crippen molar-refractivity contribution < 1.29 is 28.6 Å². The molecule has 11 heteroatoms. The number of nitrogens with zero attached hydrogens (tertiary/aromatic N) is 2. The van der Waals surface area contributed by atoms with Gasteiger partial charge in [-0.3, -0.25) is 9.59 Å². The van der Waals surface area contributed by atoms with Gasteiger partial charge in [0.2, 0.25) is 5.91 Å². The van der Waals surface area contributed by atoms with Gasteiger partial charge in [0, 0.05) is 29.4 Å². The zero-order valence-corrected chi connectivity index (χ0v) is 22.3. The van der Waals surface area contributed by atoms with Crippen molar-refractivity contribution in [2.75, 3.05) is 13.7 Å². The lowest BCUT2D eigenvalue weighted by Crippen LogP contribution is -2.46. The number of hydrogen-bond donors (Lipinski definition) is 4. The molecule has 0 radical (unpaired) electrons. The molecule has 2 aromatic heterocycles. The van der Waals surface area contributed by atoms with Crippen LogP contribution >= 0.6 is 0 Å². The van der Waals surface area contributed by atoms with Crippen LogP contribution in [0.15, 0.2) is 18.5 Å². The van der Waals surface area contributed by atoms with Gasteiger partial charge in [0.15, 0.2) is 11.6 Å². The molecule has 3 aromatic rings. The SMILES string of the molecule is COc1cc(-c2ncnc3c(C(=O)NC4CCC(NC(=O)[C@H](C)O)CC4)c(C)[nH]c23)c(OCC2CC2)cc1F. The maximum atomic E-state index is 14.6. The minimum Gasteiger partial charge on any atom is -0.494 e. The highest BCUT2D eigenvalue weighted by Crippen LogP contribution is 2.39. The molecule has 10 nitrogen and oxygen atoms in total. The third kappa shape index (κ3) is 5.83. The number of halogens is 1. The predicted octanol–water partition coefficient (Wildman–Crippen LogP) is 3.41. The molecule has 2 aliphatic rings. The van der Waals surface area contributed by atoms with E-state index in [9.17, 15) is 19.1 Å². The molecule has 2 fully saturated rings. The summed E-state index contributed by atoms with van der Waals surface area (Å²) in [4.78, 5) is 37.3. The van der Waals surface area contributed by atoms with E-state index in [1.807, 2.05) is 0 Å². The van der Waals surface area contributed by atoms with Gasteiger partial charge in [-0.2, -0.15) is 0 Å². The Morgan fingerprint density at radius 3 is 2.44 bits per heavy atom. The van der Waals surface area contributed by atoms with Crippen molar-refractivity contribution in [1.29, 1.82) is 0 Å². The molecule has 2 saturated carbocycles. The number of amides is 2. The van der Waals surface area contributed by atoms with Crippen molar-refractivity contribution >= 4 is 22.8 Å².